The van der Waals surface area contributed by atoms with Crippen molar-refractivity contribution in [3.8, 4) is 0 Å². The molecule has 0 aliphatic heterocycles. The average molecular weight is 322 g/mol. The molecule has 1 aromatic rings. The van der Waals surface area contributed by atoms with Crippen LogP contribution >= 0.6 is 23.2 Å². The predicted octanol–water partition coefficient (Wildman–Crippen LogP) is 3.02. The number of carbonyl (C=O) groups excluding carboxylic acids is 1. The van der Waals surface area contributed by atoms with E-state index >= 15 is 0 Å². The normalized spacial score (nSPS) is 11.3. The van der Waals surface area contributed by atoms with Crippen LogP contribution in [0.1, 0.15) is 22.8 Å². The first-order chi connectivity index (χ1) is 9.31. The predicted molar refractivity (Wildman–Crippen MR) is 70.6 cm³/mol. The zero-order valence-electron chi connectivity index (χ0n) is 10.5. The highest BCUT2D eigenvalue weighted by atomic mass is 35.5. The lowest BCUT2D eigenvalue weighted by molar-refractivity contribution is -0.132. The highest BCUT2D eigenvalue weighted by Crippen LogP contribution is 2.27. The average Bonchev–Trinajstić information content (AvgIpc) is 2.36. The quantitative estimate of drug-likeness (QED) is 0.225. The molecule has 0 fully saturated rings. The maximum Gasteiger partial charge on any atom is 0.342 e. The smallest absolute Gasteiger partial charge is 0.342 e. The Bertz CT molecular complexity index is 602. The highest BCUT2D eigenvalue weighted by molar-refractivity contribution is 6.37. The molecule has 0 saturated heterocycles. The number of nitrogens with zero attached hydrogens (tertiary/aromatic N) is 1. The van der Waals surface area contributed by atoms with E-state index in [1.807, 2.05) is 0 Å². The van der Waals surface area contributed by atoms with Crippen LogP contribution in [0, 0.1) is 12.7 Å². The van der Waals surface area contributed by atoms with Crippen molar-refractivity contribution in [2.24, 2.45) is 0 Å². The summed E-state index contributed by atoms with van der Waals surface area (Å²) < 4.78 is 18.4. The highest BCUT2D eigenvalue weighted by Gasteiger charge is 2.27. The molecule has 0 saturated carbocycles. The Kier molecular flexibility index (Phi) is 5.47. The van der Waals surface area contributed by atoms with Gasteiger partial charge >= 0.3 is 5.97 Å². The number of aliphatic carboxylic acids is 1. The number of hydrogen-bond acceptors (Lipinski definition) is 4. The number of hydrogen-bond donors (Lipinski definition) is 1. The minimum absolute atomic E-state index is 0.171. The second kappa shape index (κ2) is 6.67. The number of carboxylic acid groups (broad SMARTS) is 1. The molecule has 0 atom stereocenters. The van der Waals surface area contributed by atoms with Gasteiger partial charge in [-0.1, -0.05) is 23.2 Å². The van der Waals surface area contributed by atoms with E-state index in [1.165, 1.54) is 6.92 Å². The molecule has 0 aliphatic rings. The van der Waals surface area contributed by atoms with E-state index in [1.54, 1.807) is 6.92 Å². The monoisotopic (exact) mass is 321 g/mol. The van der Waals surface area contributed by atoms with E-state index in [-0.39, 0.29) is 22.9 Å². The number of carbonyl (C=O) groups is 2. The third kappa shape index (κ3) is 3.26. The van der Waals surface area contributed by atoms with Crippen molar-refractivity contribution in [2.75, 3.05) is 6.61 Å². The van der Waals surface area contributed by atoms with E-state index < -0.39 is 28.3 Å². The number of halogens is 3. The lowest BCUT2D eigenvalue weighted by Crippen LogP contribution is -2.16. The van der Waals surface area contributed by atoms with Crippen LogP contribution in [0.2, 0.25) is 10.3 Å². The summed E-state index contributed by atoms with van der Waals surface area (Å²) in [4.78, 5) is 26.6. The Hall–Kier alpha value is -1.66. The van der Waals surface area contributed by atoms with Crippen LogP contribution in [0.4, 0.5) is 4.39 Å². The Morgan fingerprint density at radius 2 is 2.00 bits per heavy atom. The van der Waals surface area contributed by atoms with Gasteiger partial charge in [-0.2, -0.15) is 0 Å². The molecule has 0 aliphatic carbocycles. The molecular formula is C12H10Cl2FNO4. The van der Waals surface area contributed by atoms with Gasteiger partial charge in [-0.15, -0.1) is 0 Å². The maximum absolute atomic E-state index is 13.6. The lowest BCUT2D eigenvalue weighted by Gasteiger charge is -2.09. The summed E-state index contributed by atoms with van der Waals surface area (Å²) >= 11 is 11.2. The molecule has 5 nitrogen and oxygen atoms in total. The van der Waals surface area contributed by atoms with Crippen molar-refractivity contribution in [2.45, 2.75) is 13.8 Å². The van der Waals surface area contributed by atoms with E-state index in [0.29, 0.717) is 0 Å². The number of ether oxygens (including phenoxy) is 1. The van der Waals surface area contributed by atoms with E-state index in [4.69, 9.17) is 33.0 Å². The summed E-state index contributed by atoms with van der Waals surface area (Å²) in [5.74, 6) is -3.45. The van der Waals surface area contributed by atoms with Crippen molar-refractivity contribution in [3.05, 3.63) is 39.1 Å². The van der Waals surface area contributed by atoms with Crippen molar-refractivity contribution in [1.29, 1.82) is 0 Å². The largest absolute Gasteiger partial charge is 0.500 e. The molecule has 0 spiro atoms. The fourth-order valence-corrected chi connectivity index (χ4v) is 1.96. The molecule has 1 heterocycles. The number of pyridine rings is 1. The zero-order chi connectivity index (χ0) is 15.4. The zero-order valence-corrected chi connectivity index (χ0v) is 12.0. The molecule has 20 heavy (non-hydrogen) atoms. The van der Waals surface area contributed by atoms with Gasteiger partial charge in [0.05, 0.1) is 12.2 Å². The standard InChI is InChI=1S/C12H10Cl2FNO4/c1-3-20-4-6(12(18)19)9(17)7-5(2)8(15)11(14)16-10(7)13/h4H,3H2,1-2H3,(H,18,19). The van der Waals surface area contributed by atoms with Crippen LogP contribution in [0.5, 0.6) is 0 Å². The van der Waals surface area contributed by atoms with Crippen LogP contribution < -0.4 is 0 Å². The fraction of sp³-hybridized carbons (Fsp3) is 0.250. The molecule has 108 valence electrons. The van der Waals surface area contributed by atoms with Crippen molar-refractivity contribution in [3.63, 3.8) is 0 Å². The van der Waals surface area contributed by atoms with Gasteiger partial charge in [-0.25, -0.2) is 14.2 Å². The molecule has 8 heteroatoms. The SMILES string of the molecule is CCOC=C(C(=O)O)C(=O)c1c(Cl)nc(Cl)c(F)c1C. The second-order valence-electron chi connectivity index (χ2n) is 3.63. The Balaban J connectivity index is 3.40. The number of Topliss-reactive ketones (excluding diaryl/α,β-unsaturated/α-hetero) is 1. The second-order valence-corrected chi connectivity index (χ2v) is 4.34. The molecule has 0 bridgehead atoms. The van der Waals surface area contributed by atoms with Gasteiger partial charge in [0.25, 0.3) is 0 Å². The summed E-state index contributed by atoms with van der Waals surface area (Å²) in [7, 11) is 0. The summed E-state index contributed by atoms with van der Waals surface area (Å²) in [5.41, 5.74) is -1.22. The lowest BCUT2D eigenvalue weighted by atomic mass is 10.0. The summed E-state index contributed by atoms with van der Waals surface area (Å²) in [6.45, 7) is 3.04. The van der Waals surface area contributed by atoms with Crippen LogP contribution in [0.15, 0.2) is 11.8 Å². The Morgan fingerprint density at radius 3 is 2.50 bits per heavy atom. The topological polar surface area (TPSA) is 76.5 Å². The van der Waals surface area contributed by atoms with Crippen LogP contribution in [-0.4, -0.2) is 28.4 Å². The fourth-order valence-electron chi connectivity index (χ4n) is 1.38. The number of ketones is 1. The van der Waals surface area contributed by atoms with Crippen LogP contribution in [-0.2, 0) is 9.53 Å². The van der Waals surface area contributed by atoms with Gasteiger partial charge in [0, 0.05) is 5.56 Å². The van der Waals surface area contributed by atoms with Crippen molar-refractivity contribution in [1.82, 2.24) is 4.98 Å². The Morgan fingerprint density at radius 1 is 1.40 bits per heavy atom. The molecular weight excluding hydrogens is 312 g/mol. The van der Waals surface area contributed by atoms with Gasteiger partial charge in [0.1, 0.15) is 17.0 Å². The van der Waals surface area contributed by atoms with Crippen LogP contribution in [0.3, 0.4) is 0 Å². The number of carboxylic acids is 1. The van der Waals surface area contributed by atoms with Gasteiger partial charge in [-0.05, 0) is 13.8 Å². The van der Waals surface area contributed by atoms with E-state index in [9.17, 15) is 14.0 Å². The minimum atomic E-state index is -1.52. The number of rotatable bonds is 5. The first-order valence-electron chi connectivity index (χ1n) is 5.42. The van der Waals surface area contributed by atoms with Gasteiger partial charge in [-0.3, -0.25) is 4.79 Å². The summed E-state index contributed by atoms with van der Waals surface area (Å²) in [6.07, 6.45) is 0.785. The molecule has 0 unspecified atom stereocenters. The minimum Gasteiger partial charge on any atom is -0.500 e. The summed E-state index contributed by atoms with van der Waals surface area (Å²) in [5, 5.41) is 8.12. The van der Waals surface area contributed by atoms with Crippen molar-refractivity contribution >= 4 is 35.0 Å². The molecule has 1 rings (SSSR count). The van der Waals surface area contributed by atoms with Gasteiger partial charge in [0.2, 0.25) is 5.78 Å². The molecule has 0 amide bonds. The summed E-state index contributed by atoms with van der Waals surface area (Å²) in [6, 6.07) is 0. The van der Waals surface area contributed by atoms with Gasteiger partial charge in [0.15, 0.2) is 11.0 Å². The third-order valence-electron chi connectivity index (χ3n) is 2.36. The van der Waals surface area contributed by atoms with E-state index in [2.05, 4.69) is 4.98 Å². The Labute approximate surface area is 124 Å². The third-order valence-corrected chi connectivity index (χ3v) is 2.88. The van der Waals surface area contributed by atoms with E-state index in [0.717, 1.165) is 6.26 Å². The first kappa shape index (κ1) is 16.4. The molecule has 0 aromatic carbocycles. The molecule has 1 N–H and O–H groups in total. The maximum atomic E-state index is 13.6. The first-order valence-corrected chi connectivity index (χ1v) is 6.17. The molecule has 0 radical (unpaired) electrons. The van der Waals surface area contributed by atoms with Crippen LogP contribution in [0.25, 0.3) is 0 Å². The number of aromatic nitrogens is 1. The van der Waals surface area contributed by atoms with Gasteiger partial charge < -0.3 is 9.84 Å². The molecule has 1 aromatic heterocycles. The van der Waals surface area contributed by atoms with Crippen molar-refractivity contribution < 1.29 is 23.8 Å².